The average molecular weight is 369 g/mol. The van der Waals surface area contributed by atoms with Crippen LogP contribution >= 0.6 is 0 Å². The number of nitrogens with one attached hydrogen (secondary N) is 1. The molecule has 2 fully saturated rings. The lowest BCUT2D eigenvalue weighted by Gasteiger charge is -2.28. The molecule has 3 heterocycles. The summed E-state index contributed by atoms with van der Waals surface area (Å²) < 4.78 is 10.5. The summed E-state index contributed by atoms with van der Waals surface area (Å²) in [4.78, 5) is 29.3. The van der Waals surface area contributed by atoms with Gasteiger partial charge in [0.25, 0.3) is 11.8 Å². The van der Waals surface area contributed by atoms with Crippen LogP contribution in [0.1, 0.15) is 33.8 Å². The minimum Gasteiger partial charge on any atom is -0.459 e. The lowest BCUT2D eigenvalue weighted by atomic mass is 10.1. The molecule has 7 heteroatoms. The molecule has 0 bridgehead atoms. The normalized spacial score (nSPS) is 17.2. The monoisotopic (exact) mass is 369 g/mol. The molecule has 2 aromatic rings. The van der Waals surface area contributed by atoms with Gasteiger partial charge < -0.3 is 24.3 Å². The number of carbonyl (C=O) groups excluding carboxylic acids is 2. The zero-order valence-corrected chi connectivity index (χ0v) is 15.1. The van der Waals surface area contributed by atoms with Crippen LogP contribution in [-0.2, 0) is 4.74 Å². The number of hydrogen-bond acceptors (Lipinski definition) is 5. The van der Waals surface area contributed by atoms with E-state index in [-0.39, 0.29) is 17.6 Å². The molecular weight excluding hydrogens is 346 g/mol. The molecule has 27 heavy (non-hydrogen) atoms. The predicted molar refractivity (Wildman–Crippen MR) is 101 cm³/mol. The van der Waals surface area contributed by atoms with Crippen molar-refractivity contribution in [2.75, 3.05) is 49.6 Å². The number of benzene rings is 1. The first kappa shape index (κ1) is 17.6. The van der Waals surface area contributed by atoms with Gasteiger partial charge in [0, 0.05) is 31.7 Å². The number of carbonyl (C=O) groups is 2. The van der Waals surface area contributed by atoms with E-state index >= 15 is 0 Å². The summed E-state index contributed by atoms with van der Waals surface area (Å²) >= 11 is 0. The molecule has 2 saturated heterocycles. The first-order valence-electron chi connectivity index (χ1n) is 9.33. The Morgan fingerprint density at radius 2 is 1.78 bits per heavy atom. The van der Waals surface area contributed by atoms with Crippen molar-refractivity contribution in [3.05, 3.63) is 47.9 Å². The summed E-state index contributed by atoms with van der Waals surface area (Å²) in [6.07, 6.45) is 3.72. The third kappa shape index (κ3) is 3.83. The van der Waals surface area contributed by atoms with Gasteiger partial charge in [0.2, 0.25) is 0 Å². The molecule has 0 atom stereocenters. The largest absolute Gasteiger partial charge is 0.459 e. The van der Waals surface area contributed by atoms with Crippen LogP contribution in [0.25, 0.3) is 0 Å². The molecule has 2 aliphatic heterocycles. The number of furan rings is 1. The Morgan fingerprint density at radius 3 is 2.48 bits per heavy atom. The molecule has 1 aromatic carbocycles. The molecule has 1 aromatic heterocycles. The lowest BCUT2D eigenvalue weighted by molar-refractivity contribution is 0.0303. The van der Waals surface area contributed by atoms with Gasteiger partial charge in [-0.2, -0.15) is 0 Å². The van der Waals surface area contributed by atoms with E-state index < -0.39 is 0 Å². The van der Waals surface area contributed by atoms with E-state index in [1.165, 1.54) is 6.26 Å². The summed E-state index contributed by atoms with van der Waals surface area (Å²) in [5.41, 5.74) is 2.14. The molecule has 142 valence electrons. The summed E-state index contributed by atoms with van der Waals surface area (Å²) in [5.74, 6) is -0.122. The number of anilines is 2. The van der Waals surface area contributed by atoms with Crippen molar-refractivity contribution in [3.63, 3.8) is 0 Å². The van der Waals surface area contributed by atoms with Gasteiger partial charge in [-0.05, 0) is 43.2 Å². The Kier molecular flexibility index (Phi) is 5.11. The van der Waals surface area contributed by atoms with Crippen molar-refractivity contribution < 1.29 is 18.7 Å². The van der Waals surface area contributed by atoms with Gasteiger partial charge in [-0.25, -0.2) is 0 Å². The Balaban J connectivity index is 1.62. The van der Waals surface area contributed by atoms with E-state index in [0.29, 0.717) is 37.6 Å². The lowest BCUT2D eigenvalue weighted by Crippen LogP contribution is -2.40. The number of nitrogens with zero attached hydrogens (tertiary/aromatic N) is 2. The van der Waals surface area contributed by atoms with Crippen LogP contribution in [0.4, 0.5) is 11.4 Å². The van der Waals surface area contributed by atoms with Gasteiger partial charge in [0.15, 0.2) is 5.76 Å². The molecule has 4 rings (SSSR count). The highest BCUT2D eigenvalue weighted by Gasteiger charge is 2.23. The van der Waals surface area contributed by atoms with E-state index in [1.54, 1.807) is 23.1 Å². The highest BCUT2D eigenvalue weighted by molar-refractivity contribution is 6.05. The molecule has 0 spiro atoms. The number of ether oxygens (including phenoxy) is 1. The van der Waals surface area contributed by atoms with E-state index in [1.807, 2.05) is 12.1 Å². The SMILES string of the molecule is O=C(Nc1cc(C(=O)N2CCOCC2)ccc1N1CCCC1)c1ccco1. The molecule has 2 amide bonds. The molecular formula is C20H23N3O4. The second-order valence-electron chi connectivity index (χ2n) is 6.76. The Labute approximate surface area is 157 Å². The van der Waals surface area contributed by atoms with Crippen molar-refractivity contribution in [1.29, 1.82) is 0 Å². The van der Waals surface area contributed by atoms with Gasteiger partial charge in [-0.15, -0.1) is 0 Å². The standard InChI is InChI=1S/C20H23N3O4/c24-19(18-4-3-11-27-18)21-16-14-15(20(25)23-9-12-26-13-10-23)5-6-17(16)22-7-1-2-8-22/h3-6,11,14H,1-2,7-10,12-13H2,(H,21,24). The fourth-order valence-electron chi connectivity index (χ4n) is 3.54. The van der Waals surface area contributed by atoms with Crippen LogP contribution in [0.3, 0.4) is 0 Å². The average Bonchev–Trinajstić information content (AvgIpc) is 3.42. The molecule has 2 aliphatic rings. The first-order chi connectivity index (χ1) is 13.2. The maximum atomic E-state index is 12.8. The smallest absolute Gasteiger partial charge is 0.291 e. The van der Waals surface area contributed by atoms with Crippen LogP contribution in [0, 0.1) is 0 Å². The molecule has 1 N–H and O–H groups in total. The van der Waals surface area contributed by atoms with Gasteiger partial charge in [0.1, 0.15) is 0 Å². The number of rotatable bonds is 4. The minimum absolute atomic E-state index is 0.0419. The second-order valence-corrected chi connectivity index (χ2v) is 6.76. The Bertz CT molecular complexity index is 807. The molecule has 0 radical (unpaired) electrons. The van der Waals surface area contributed by atoms with Gasteiger partial charge >= 0.3 is 0 Å². The summed E-state index contributed by atoms with van der Waals surface area (Å²) in [7, 11) is 0. The highest BCUT2D eigenvalue weighted by atomic mass is 16.5. The third-order valence-electron chi connectivity index (χ3n) is 4.98. The predicted octanol–water partition coefficient (Wildman–Crippen LogP) is 2.60. The zero-order chi connectivity index (χ0) is 18.6. The first-order valence-corrected chi connectivity index (χ1v) is 9.33. The van der Waals surface area contributed by atoms with Crippen LogP contribution < -0.4 is 10.2 Å². The second kappa shape index (κ2) is 7.84. The van der Waals surface area contributed by atoms with E-state index in [4.69, 9.17) is 9.15 Å². The van der Waals surface area contributed by atoms with Crippen molar-refractivity contribution in [1.82, 2.24) is 4.90 Å². The molecule has 0 saturated carbocycles. The summed E-state index contributed by atoms with van der Waals surface area (Å²) in [5, 5.41) is 2.92. The fraction of sp³-hybridized carbons (Fsp3) is 0.400. The maximum Gasteiger partial charge on any atom is 0.291 e. The van der Waals surface area contributed by atoms with Crippen LogP contribution in [-0.4, -0.2) is 56.1 Å². The quantitative estimate of drug-likeness (QED) is 0.897. The van der Waals surface area contributed by atoms with Crippen molar-refractivity contribution in [2.24, 2.45) is 0 Å². The number of morpholine rings is 1. The maximum absolute atomic E-state index is 12.8. The van der Waals surface area contributed by atoms with Gasteiger partial charge in [-0.1, -0.05) is 0 Å². The van der Waals surface area contributed by atoms with Crippen LogP contribution in [0.5, 0.6) is 0 Å². The van der Waals surface area contributed by atoms with Crippen molar-refractivity contribution >= 4 is 23.2 Å². The molecule has 0 unspecified atom stereocenters. The number of amides is 2. The third-order valence-corrected chi connectivity index (χ3v) is 4.98. The van der Waals surface area contributed by atoms with Gasteiger partial charge in [0.05, 0.1) is 30.9 Å². The van der Waals surface area contributed by atoms with Crippen LogP contribution in [0.2, 0.25) is 0 Å². The van der Waals surface area contributed by atoms with E-state index in [9.17, 15) is 9.59 Å². The highest BCUT2D eigenvalue weighted by Crippen LogP contribution is 2.31. The van der Waals surface area contributed by atoms with Crippen molar-refractivity contribution in [2.45, 2.75) is 12.8 Å². The summed E-state index contributed by atoms with van der Waals surface area (Å²) in [6, 6.07) is 8.83. The molecule has 7 nitrogen and oxygen atoms in total. The number of hydrogen-bond donors (Lipinski definition) is 1. The van der Waals surface area contributed by atoms with E-state index in [2.05, 4.69) is 10.2 Å². The topological polar surface area (TPSA) is 75.0 Å². The Hall–Kier alpha value is -2.80. The van der Waals surface area contributed by atoms with E-state index in [0.717, 1.165) is 31.6 Å². The zero-order valence-electron chi connectivity index (χ0n) is 15.1. The van der Waals surface area contributed by atoms with Crippen molar-refractivity contribution in [3.8, 4) is 0 Å². The van der Waals surface area contributed by atoms with Gasteiger partial charge in [-0.3, -0.25) is 9.59 Å². The summed E-state index contributed by atoms with van der Waals surface area (Å²) in [6.45, 7) is 4.17. The Morgan fingerprint density at radius 1 is 1.00 bits per heavy atom. The fourth-order valence-corrected chi connectivity index (χ4v) is 3.54. The minimum atomic E-state index is -0.323. The molecule has 0 aliphatic carbocycles. The van der Waals surface area contributed by atoms with Crippen LogP contribution in [0.15, 0.2) is 41.0 Å².